The van der Waals surface area contributed by atoms with Crippen LogP contribution in [-0.4, -0.2) is 11.7 Å². The highest BCUT2D eigenvalue weighted by Crippen LogP contribution is 2.37. The van der Waals surface area contributed by atoms with Crippen molar-refractivity contribution in [2.75, 3.05) is 6.61 Å². The van der Waals surface area contributed by atoms with Gasteiger partial charge in [0, 0.05) is 24.2 Å². The first kappa shape index (κ1) is 20.3. The average Bonchev–Trinajstić information content (AvgIpc) is 2.69. The summed E-state index contributed by atoms with van der Waals surface area (Å²) in [7, 11) is 0. The molecule has 2 aromatic carbocycles. The summed E-state index contributed by atoms with van der Waals surface area (Å²) in [5.74, 6) is 3.66. The summed E-state index contributed by atoms with van der Waals surface area (Å²) in [4.78, 5) is 0. The first-order valence-corrected chi connectivity index (χ1v) is 9.54. The standard InChI is InChI=1S/C23H23F3O2/c1-2-28-14-18-10-12-20(23(26)22(18)25)16-6-3-15(4-7-16)5-8-17-9-11-19(27)13-21(17)24/h9-13,15-16,27H,2-4,6-7,14H2,1H3. The molecule has 1 fully saturated rings. The minimum atomic E-state index is -0.823. The minimum absolute atomic E-state index is 0.0425. The summed E-state index contributed by atoms with van der Waals surface area (Å²) >= 11 is 0. The van der Waals surface area contributed by atoms with Crippen molar-refractivity contribution in [3.63, 3.8) is 0 Å². The van der Waals surface area contributed by atoms with E-state index in [1.165, 1.54) is 12.1 Å². The Balaban J connectivity index is 1.64. The maximum Gasteiger partial charge on any atom is 0.164 e. The first-order valence-electron chi connectivity index (χ1n) is 9.54. The third-order valence-electron chi connectivity index (χ3n) is 5.18. The van der Waals surface area contributed by atoms with E-state index in [-0.39, 0.29) is 35.3 Å². The van der Waals surface area contributed by atoms with Crippen molar-refractivity contribution < 1.29 is 23.0 Å². The number of phenols is 1. The lowest BCUT2D eigenvalue weighted by molar-refractivity contribution is 0.131. The van der Waals surface area contributed by atoms with Crippen LogP contribution in [0.5, 0.6) is 5.75 Å². The molecule has 0 saturated heterocycles. The van der Waals surface area contributed by atoms with Gasteiger partial charge in [-0.2, -0.15) is 0 Å². The van der Waals surface area contributed by atoms with Gasteiger partial charge in [0.05, 0.1) is 12.2 Å². The molecule has 1 aliphatic rings. The largest absolute Gasteiger partial charge is 0.508 e. The number of benzene rings is 2. The Morgan fingerprint density at radius 1 is 1.04 bits per heavy atom. The molecule has 0 atom stereocenters. The fourth-order valence-electron chi connectivity index (χ4n) is 3.58. The van der Waals surface area contributed by atoms with Crippen LogP contribution in [-0.2, 0) is 11.3 Å². The molecule has 3 rings (SSSR count). The zero-order valence-corrected chi connectivity index (χ0v) is 15.8. The maximum atomic E-state index is 14.5. The third-order valence-corrected chi connectivity index (χ3v) is 5.18. The van der Waals surface area contributed by atoms with Crippen molar-refractivity contribution in [2.45, 2.75) is 45.1 Å². The van der Waals surface area contributed by atoms with Crippen molar-refractivity contribution in [1.82, 2.24) is 0 Å². The number of hydrogen-bond donors (Lipinski definition) is 1. The van der Waals surface area contributed by atoms with E-state index in [1.54, 1.807) is 19.1 Å². The smallest absolute Gasteiger partial charge is 0.164 e. The first-order chi connectivity index (χ1) is 13.5. The number of ether oxygens (including phenoxy) is 1. The van der Waals surface area contributed by atoms with E-state index < -0.39 is 17.5 Å². The molecule has 148 valence electrons. The predicted octanol–water partition coefficient (Wildman–Crippen LogP) is 5.67. The van der Waals surface area contributed by atoms with Crippen molar-refractivity contribution in [3.8, 4) is 17.6 Å². The van der Waals surface area contributed by atoms with Crippen LogP contribution in [0.4, 0.5) is 13.2 Å². The van der Waals surface area contributed by atoms with E-state index in [0.717, 1.165) is 18.9 Å². The van der Waals surface area contributed by atoms with Crippen LogP contribution < -0.4 is 0 Å². The van der Waals surface area contributed by atoms with Crippen molar-refractivity contribution in [3.05, 3.63) is 64.5 Å². The van der Waals surface area contributed by atoms with Crippen LogP contribution in [0.15, 0.2) is 30.3 Å². The topological polar surface area (TPSA) is 29.5 Å². The van der Waals surface area contributed by atoms with Crippen LogP contribution in [0.2, 0.25) is 0 Å². The Morgan fingerprint density at radius 2 is 1.79 bits per heavy atom. The fourth-order valence-corrected chi connectivity index (χ4v) is 3.58. The molecule has 28 heavy (non-hydrogen) atoms. The molecule has 2 nitrogen and oxygen atoms in total. The minimum Gasteiger partial charge on any atom is -0.508 e. The second-order valence-corrected chi connectivity index (χ2v) is 7.06. The second kappa shape index (κ2) is 9.16. The SMILES string of the molecule is CCOCc1ccc(C2CCC(C#Cc3ccc(O)cc3F)CC2)c(F)c1F. The third kappa shape index (κ3) is 4.69. The molecule has 2 aromatic rings. The molecular formula is C23H23F3O2. The van der Waals surface area contributed by atoms with Gasteiger partial charge in [-0.3, -0.25) is 0 Å². The van der Waals surface area contributed by atoms with Gasteiger partial charge in [0.1, 0.15) is 11.6 Å². The number of halogens is 3. The van der Waals surface area contributed by atoms with E-state index in [4.69, 9.17) is 4.74 Å². The van der Waals surface area contributed by atoms with Crippen molar-refractivity contribution in [1.29, 1.82) is 0 Å². The molecule has 0 radical (unpaired) electrons. The molecule has 1 N–H and O–H groups in total. The highest BCUT2D eigenvalue weighted by Gasteiger charge is 2.25. The fraction of sp³-hybridized carbons (Fsp3) is 0.391. The summed E-state index contributed by atoms with van der Waals surface area (Å²) in [6.45, 7) is 2.32. The Kier molecular flexibility index (Phi) is 6.64. The molecule has 0 aliphatic heterocycles. The van der Waals surface area contributed by atoms with Crippen LogP contribution >= 0.6 is 0 Å². The molecule has 0 aromatic heterocycles. The molecule has 1 saturated carbocycles. The van der Waals surface area contributed by atoms with Crippen LogP contribution in [0.3, 0.4) is 0 Å². The monoisotopic (exact) mass is 388 g/mol. The number of hydrogen-bond acceptors (Lipinski definition) is 2. The lowest BCUT2D eigenvalue weighted by atomic mass is 9.78. The Hall–Kier alpha value is -2.45. The molecule has 0 unspecified atom stereocenters. The van der Waals surface area contributed by atoms with Crippen LogP contribution in [0, 0.1) is 35.2 Å². The van der Waals surface area contributed by atoms with E-state index in [1.807, 2.05) is 0 Å². The number of rotatable bonds is 4. The molecule has 0 heterocycles. The normalized spacial score (nSPS) is 19.1. The Bertz CT molecular complexity index is 891. The quantitative estimate of drug-likeness (QED) is 0.684. The average molecular weight is 388 g/mol. The highest BCUT2D eigenvalue weighted by molar-refractivity contribution is 5.39. The number of phenolic OH excluding ortho intramolecular Hbond substituents is 1. The van der Waals surface area contributed by atoms with Crippen molar-refractivity contribution in [2.24, 2.45) is 5.92 Å². The summed E-state index contributed by atoms with van der Waals surface area (Å²) in [6, 6.07) is 7.15. The molecule has 0 amide bonds. The van der Waals surface area contributed by atoms with Gasteiger partial charge in [-0.15, -0.1) is 0 Å². The number of aromatic hydroxyl groups is 1. The van der Waals surface area contributed by atoms with Gasteiger partial charge in [0.2, 0.25) is 0 Å². The van der Waals surface area contributed by atoms with Crippen molar-refractivity contribution >= 4 is 0 Å². The molecule has 0 spiro atoms. The van der Waals surface area contributed by atoms with E-state index >= 15 is 0 Å². The zero-order valence-electron chi connectivity index (χ0n) is 15.8. The maximum absolute atomic E-state index is 14.5. The highest BCUT2D eigenvalue weighted by atomic mass is 19.2. The lowest BCUT2D eigenvalue weighted by Gasteiger charge is -2.26. The summed E-state index contributed by atoms with van der Waals surface area (Å²) in [5.41, 5.74) is 0.894. The zero-order chi connectivity index (χ0) is 20.1. The molecular weight excluding hydrogens is 365 g/mol. The van der Waals surface area contributed by atoms with E-state index in [2.05, 4.69) is 11.8 Å². The summed E-state index contributed by atoms with van der Waals surface area (Å²) in [5, 5.41) is 9.24. The van der Waals surface area contributed by atoms with Gasteiger partial charge in [-0.1, -0.05) is 24.0 Å². The molecule has 1 aliphatic carbocycles. The van der Waals surface area contributed by atoms with E-state index in [0.29, 0.717) is 25.0 Å². The predicted molar refractivity (Wildman–Crippen MR) is 101 cm³/mol. The summed E-state index contributed by atoms with van der Waals surface area (Å²) < 4.78 is 47.7. The Morgan fingerprint density at radius 3 is 2.46 bits per heavy atom. The lowest BCUT2D eigenvalue weighted by Crippen LogP contribution is -2.14. The van der Waals surface area contributed by atoms with E-state index in [9.17, 15) is 18.3 Å². The molecule has 0 bridgehead atoms. The summed E-state index contributed by atoms with van der Waals surface area (Å²) in [6.07, 6.45) is 2.91. The van der Waals surface area contributed by atoms with Gasteiger partial charge in [-0.05, 0) is 56.2 Å². The van der Waals surface area contributed by atoms with Gasteiger partial charge >= 0.3 is 0 Å². The van der Waals surface area contributed by atoms with Gasteiger partial charge in [-0.25, -0.2) is 13.2 Å². The molecule has 5 heteroatoms. The van der Waals surface area contributed by atoms with Crippen LogP contribution in [0.1, 0.15) is 55.2 Å². The van der Waals surface area contributed by atoms with Gasteiger partial charge < -0.3 is 9.84 Å². The Labute approximate surface area is 163 Å². The second-order valence-electron chi connectivity index (χ2n) is 7.06. The van der Waals surface area contributed by atoms with Crippen LogP contribution in [0.25, 0.3) is 0 Å². The van der Waals surface area contributed by atoms with Gasteiger partial charge in [0.25, 0.3) is 0 Å². The van der Waals surface area contributed by atoms with Gasteiger partial charge in [0.15, 0.2) is 11.6 Å².